The predicted octanol–water partition coefficient (Wildman–Crippen LogP) is 1.26. The SMILES string of the molecule is O=C1c2ncccc2C2(O)CCCCCN12. The van der Waals surface area contributed by atoms with Crippen molar-refractivity contribution in [3.63, 3.8) is 0 Å². The zero-order valence-electron chi connectivity index (χ0n) is 9.02. The standard InChI is InChI=1S/C12H14N2O2/c15-11-10-9(5-4-7-13-10)12(16)6-2-1-3-8-14(11)12/h4-5,7,16H,1-3,6,8H2. The van der Waals surface area contributed by atoms with Crippen LogP contribution in [0.2, 0.25) is 0 Å². The van der Waals surface area contributed by atoms with Gasteiger partial charge in [-0.25, -0.2) is 0 Å². The summed E-state index contributed by atoms with van der Waals surface area (Å²) in [5.41, 5.74) is 0.00535. The van der Waals surface area contributed by atoms with Crippen molar-refractivity contribution in [3.05, 3.63) is 29.6 Å². The number of hydrogen-bond donors (Lipinski definition) is 1. The molecule has 1 amide bonds. The monoisotopic (exact) mass is 218 g/mol. The quantitative estimate of drug-likeness (QED) is 0.713. The van der Waals surface area contributed by atoms with Gasteiger partial charge >= 0.3 is 0 Å². The van der Waals surface area contributed by atoms with Crippen molar-refractivity contribution < 1.29 is 9.90 Å². The van der Waals surface area contributed by atoms with Crippen LogP contribution < -0.4 is 0 Å². The van der Waals surface area contributed by atoms with E-state index in [1.54, 1.807) is 17.2 Å². The molecule has 4 nitrogen and oxygen atoms in total. The van der Waals surface area contributed by atoms with Crippen LogP contribution >= 0.6 is 0 Å². The van der Waals surface area contributed by atoms with Crippen LogP contribution in [0, 0.1) is 0 Å². The highest BCUT2D eigenvalue weighted by Crippen LogP contribution is 2.41. The highest BCUT2D eigenvalue weighted by Gasteiger charge is 2.49. The van der Waals surface area contributed by atoms with Gasteiger partial charge in [0.25, 0.3) is 5.91 Å². The number of aromatic nitrogens is 1. The maximum Gasteiger partial charge on any atom is 0.275 e. The Hall–Kier alpha value is -1.42. The molecule has 3 rings (SSSR count). The van der Waals surface area contributed by atoms with Crippen molar-refractivity contribution in [1.29, 1.82) is 0 Å². The van der Waals surface area contributed by atoms with Crippen molar-refractivity contribution in [1.82, 2.24) is 9.88 Å². The number of nitrogens with zero attached hydrogens (tertiary/aromatic N) is 2. The van der Waals surface area contributed by atoms with E-state index in [1.165, 1.54) is 0 Å². The van der Waals surface area contributed by atoms with Crippen LogP contribution in [-0.2, 0) is 5.72 Å². The molecule has 1 unspecified atom stereocenters. The number of fused-ring (bicyclic) bond motifs is 3. The number of carbonyl (C=O) groups excluding carboxylic acids is 1. The Morgan fingerprint density at radius 1 is 1.38 bits per heavy atom. The number of hydrogen-bond acceptors (Lipinski definition) is 3. The Labute approximate surface area is 93.9 Å². The Morgan fingerprint density at radius 3 is 3.12 bits per heavy atom. The summed E-state index contributed by atoms with van der Waals surface area (Å²) in [4.78, 5) is 17.8. The van der Waals surface area contributed by atoms with Gasteiger partial charge in [0.2, 0.25) is 0 Å². The molecule has 0 aliphatic carbocycles. The molecule has 0 bridgehead atoms. The fourth-order valence-corrected chi connectivity index (χ4v) is 2.71. The first-order chi connectivity index (χ1) is 7.73. The third-order valence-corrected chi connectivity index (χ3v) is 3.54. The van der Waals surface area contributed by atoms with Crippen LogP contribution in [-0.4, -0.2) is 27.4 Å². The summed E-state index contributed by atoms with van der Waals surface area (Å²) in [5.74, 6) is -0.125. The first-order valence-electron chi connectivity index (χ1n) is 5.73. The first-order valence-corrected chi connectivity index (χ1v) is 5.73. The molecule has 2 aliphatic rings. The van der Waals surface area contributed by atoms with Gasteiger partial charge < -0.3 is 10.0 Å². The molecule has 4 heteroatoms. The van der Waals surface area contributed by atoms with E-state index >= 15 is 0 Å². The lowest BCUT2D eigenvalue weighted by molar-refractivity contribution is -0.0849. The van der Waals surface area contributed by atoms with E-state index < -0.39 is 5.72 Å². The van der Waals surface area contributed by atoms with Crippen molar-refractivity contribution in [3.8, 4) is 0 Å². The highest BCUT2D eigenvalue weighted by molar-refractivity contribution is 5.97. The lowest BCUT2D eigenvalue weighted by Gasteiger charge is -2.32. The van der Waals surface area contributed by atoms with Crippen LogP contribution in [0.5, 0.6) is 0 Å². The van der Waals surface area contributed by atoms with Crippen LogP contribution in [0.25, 0.3) is 0 Å². The van der Waals surface area contributed by atoms with E-state index in [2.05, 4.69) is 4.98 Å². The number of rotatable bonds is 0. The molecule has 0 spiro atoms. The maximum atomic E-state index is 12.1. The minimum absolute atomic E-state index is 0.125. The molecule has 2 aliphatic heterocycles. The topological polar surface area (TPSA) is 53.4 Å². The van der Waals surface area contributed by atoms with Crippen molar-refractivity contribution in [2.75, 3.05) is 6.54 Å². The Morgan fingerprint density at radius 2 is 2.25 bits per heavy atom. The minimum Gasteiger partial charge on any atom is -0.367 e. The van der Waals surface area contributed by atoms with Gasteiger partial charge in [-0.2, -0.15) is 0 Å². The molecule has 1 aromatic heterocycles. The molecule has 0 aromatic carbocycles. The summed E-state index contributed by atoms with van der Waals surface area (Å²) in [6.07, 6.45) is 5.21. The third-order valence-electron chi connectivity index (χ3n) is 3.54. The zero-order chi connectivity index (χ0) is 11.2. The average molecular weight is 218 g/mol. The fourth-order valence-electron chi connectivity index (χ4n) is 2.71. The minimum atomic E-state index is -1.10. The molecule has 1 fully saturated rings. The van der Waals surface area contributed by atoms with Gasteiger partial charge in [-0.05, 0) is 25.3 Å². The van der Waals surface area contributed by atoms with Crippen LogP contribution in [0.3, 0.4) is 0 Å². The summed E-state index contributed by atoms with van der Waals surface area (Å²) < 4.78 is 0. The molecule has 1 aromatic rings. The second-order valence-electron chi connectivity index (χ2n) is 4.48. The second-order valence-corrected chi connectivity index (χ2v) is 4.48. The highest BCUT2D eigenvalue weighted by atomic mass is 16.3. The zero-order valence-corrected chi connectivity index (χ0v) is 9.02. The number of amides is 1. The van der Waals surface area contributed by atoms with E-state index in [0.29, 0.717) is 24.2 Å². The van der Waals surface area contributed by atoms with Gasteiger partial charge in [0.05, 0.1) is 0 Å². The lowest BCUT2D eigenvalue weighted by atomic mass is 9.99. The van der Waals surface area contributed by atoms with Gasteiger partial charge in [0.15, 0.2) is 5.72 Å². The van der Waals surface area contributed by atoms with E-state index in [9.17, 15) is 9.90 Å². The Balaban J connectivity index is 2.16. The smallest absolute Gasteiger partial charge is 0.275 e. The number of carbonyl (C=O) groups is 1. The first kappa shape index (κ1) is 9.78. The molecule has 3 heterocycles. The largest absolute Gasteiger partial charge is 0.367 e. The third kappa shape index (κ3) is 1.13. The Bertz CT molecular complexity index is 446. The fraction of sp³-hybridized carbons (Fsp3) is 0.500. The van der Waals surface area contributed by atoms with E-state index in [1.807, 2.05) is 6.07 Å². The van der Waals surface area contributed by atoms with Crippen LogP contribution in [0.4, 0.5) is 0 Å². The molecule has 84 valence electrons. The summed E-state index contributed by atoms with van der Waals surface area (Å²) in [5, 5.41) is 10.7. The summed E-state index contributed by atoms with van der Waals surface area (Å²) in [7, 11) is 0. The number of aliphatic hydroxyl groups is 1. The summed E-state index contributed by atoms with van der Waals surface area (Å²) in [6, 6.07) is 3.59. The van der Waals surface area contributed by atoms with Gasteiger partial charge in [-0.1, -0.05) is 12.5 Å². The van der Waals surface area contributed by atoms with Gasteiger partial charge in [-0.3, -0.25) is 9.78 Å². The van der Waals surface area contributed by atoms with E-state index in [4.69, 9.17) is 0 Å². The second kappa shape index (κ2) is 3.28. The molecule has 1 atom stereocenters. The molecular weight excluding hydrogens is 204 g/mol. The lowest BCUT2D eigenvalue weighted by Crippen LogP contribution is -2.43. The van der Waals surface area contributed by atoms with Gasteiger partial charge in [-0.15, -0.1) is 0 Å². The molecule has 16 heavy (non-hydrogen) atoms. The van der Waals surface area contributed by atoms with Crippen molar-refractivity contribution in [2.24, 2.45) is 0 Å². The van der Waals surface area contributed by atoms with Gasteiger partial charge in [0.1, 0.15) is 5.69 Å². The molecule has 0 radical (unpaired) electrons. The predicted molar refractivity (Wildman–Crippen MR) is 57.6 cm³/mol. The van der Waals surface area contributed by atoms with Gasteiger partial charge in [0, 0.05) is 18.3 Å². The summed E-state index contributed by atoms with van der Waals surface area (Å²) in [6.45, 7) is 0.631. The molecule has 1 saturated heterocycles. The normalized spacial score (nSPS) is 28.6. The van der Waals surface area contributed by atoms with Crippen LogP contribution in [0.15, 0.2) is 18.3 Å². The summed E-state index contributed by atoms with van der Waals surface area (Å²) >= 11 is 0. The van der Waals surface area contributed by atoms with Crippen molar-refractivity contribution in [2.45, 2.75) is 31.4 Å². The average Bonchev–Trinajstić information content (AvgIpc) is 2.46. The van der Waals surface area contributed by atoms with E-state index in [0.717, 1.165) is 19.3 Å². The maximum absolute atomic E-state index is 12.1. The molecule has 0 saturated carbocycles. The molecular formula is C12H14N2O2. The van der Waals surface area contributed by atoms with Crippen LogP contribution in [0.1, 0.15) is 41.7 Å². The molecule has 1 N–H and O–H groups in total. The number of pyridine rings is 1. The Kier molecular flexibility index (Phi) is 2.01. The van der Waals surface area contributed by atoms with Crippen molar-refractivity contribution >= 4 is 5.91 Å². The van der Waals surface area contributed by atoms with E-state index in [-0.39, 0.29) is 5.91 Å².